The molecule has 0 spiro atoms. The van der Waals surface area contributed by atoms with Crippen molar-refractivity contribution in [1.29, 1.82) is 0 Å². The maximum Gasteiger partial charge on any atom is 0.341 e. The molecule has 1 aliphatic heterocycles. The third-order valence-electron chi connectivity index (χ3n) is 4.43. The van der Waals surface area contributed by atoms with Crippen LogP contribution in [0.2, 0.25) is 4.34 Å². The summed E-state index contributed by atoms with van der Waals surface area (Å²) in [5.74, 6) is -0.741. The molecule has 150 valence electrons. The van der Waals surface area contributed by atoms with E-state index in [-0.39, 0.29) is 30.2 Å². The number of hydrogen-bond acceptors (Lipinski definition) is 6. The summed E-state index contributed by atoms with van der Waals surface area (Å²) in [6, 6.07) is 9.34. The van der Waals surface area contributed by atoms with E-state index in [9.17, 15) is 9.59 Å². The molecule has 1 saturated heterocycles. The third kappa shape index (κ3) is 4.72. The first-order valence-corrected chi connectivity index (χ1v) is 10.2. The van der Waals surface area contributed by atoms with Gasteiger partial charge in [-0.15, -0.1) is 11.3 Å². The molecule has 1 aliphatic rings. The van der Waals surface area contributed by atoms with Crippen LogP contribution in [0.1, 0.15) is 24.2 Å². The number of nitrogens with zero attached hydrogens (tertiary/aromatic N) is 1. The van der Waals surface area contributed by atoms with Gasteiger partial charge in [0.2, 0.25) is 5.91 Å². The van der Waals surface area contributed by atoms with Gasteiger partial charge in [-0.25, -0.2) is 4.79 Å². The number of methoxy groups -OCH3 is 1. The summed E-state index contributed by atoms with van der Waals surface area (Å²) in [5.41, 5.74) is 1.64. The molecule has 0 aliphatic carbocycles. The van der Waals surface area contributed by atoms with Crippen molar-refractivity contribution in [2.75, 3.05) is 32.1 Å². The molecule has 0 saturated carbocycles. The average molecular weight is 423 g/mol. The number of hydrogen-bond donors (Lipinski definition) is 1. The number of esters is 1. The zero-order valence-corrected chi connectivity index (χ0v) is 17.6. The van der Waals surface area contributed by atoms with Gasteiger partial charge in [-0.2, -0.15) is 0 Å². The molecular weight excluding hydrogens is 400 g/mol. The number of ether oxygens (including phenoxy) is 2. The molecule has 1 amide bonds. The zero-order valence-electron chi connectivity index (χ0n) is 16.0. The quantitative estimate of drug-likeness (QED) is 0.740. The highest BCUT2D eigenvalue weighted by Crippen LogP contribution is 2.43. The molecule has 3 rings (SSSR count). The third-order valence-corrected chi connectivity index (χ3v) is 5.75. The van der Waals surface area contributed by atoms with Crippen LogP contribution in [0, 0.1) is 0 Å². The van der Waals surface area contributed by atoms with E-state index in [0.717, 1.165) is 16.9 Å². The Bertz CT molecular complexity index is 845. The van der Waals surface area contributed by atoms with E-state index >= 15 is 0 Å². The molecule has 1 N–H and O–H groups in total. The first-order chi connectivity index (χ1) is 13.4. The van der Waals surface area contributed by atoms with Gasteiger partial charge in [-0.05, 0) is 19.4 Å². The Labute approximate surface area is 173 Å². The van der Waals surface area contributed by atoms with Crippen molar-refractivity contribution in [2.45, 2.75) is 26.1 Å². The van der Waals surface area contributed by atoms with Crippen molar-refractivity contribution in [3.63, 3.8) is 0 Å². The number of halogens is 1. The fourth-order valence-electron chi connectivity index (χ4n) is 3.43. The van der Waals surface area contributed by atoms with Crippen molar-refractivity contribution in [3.8, 4) is 11.1 Å². The first kappa shape index (κ1) is 20.8. The standard InChI is InChI=1S/C20H23ClN2O4S/c1-12-9-23(10-13(2)27-12)11-15(24)22-19-17(20(25)26-3)16(18(21)28-19)14-7-5-4-6-8-14/h4-8,12-13H,9-11H2,1-3H3,(H,22,24). The molecule has 8 heteroatoms. The van der Waals surface area contributed by atoms with Gasteiger partial charge in [0.25, 0.3) is 0 Å². The molecule has 2 heterocycles. The Kier molecular flexibility index (Phi) is 6.72. The second-order valence-corrected chi connectivity index (χ2v) is 8.43. The molecule has 6 nitrogen and oxygen atoms in total. The highest BCUT2D eigenvalue weighted by molar-refractivity contribution is 7.21. The van der Waals surface area contributed by atoms with Crippen LogP contribution >= 0.6 is 22.9 Å². The maximum atomic E-state index is 12.6. The molecular formula is C20H23ClN2O4S. The average Bonchev–Trinajstić information content (AvgIpc) is 2.96. The summed E-state index contributed by atoms with van der Waals surface area (Å²) >= 11 is 7.59. The minimum absolute atomic E-state index is 0.0723. The van der Waals surface area contributed by atoms with E-state index in [4.69, 9.17) is 21.1 Å². The number of carbonyl (C=O) groups excluding carboxylic acids is 2. The lowest BCUT2D eigenvalue weighted by Gasteiger charge is -2.34. The molecule has 1 aromatic heterocycles. The van der Waals surface area contributed by atoms with E-state index in [1.807, 2.05) is 49.1 Å². The summed E-state index contributed by atoms with van der Waals surface area (Å²) in [6.45, 7) is 5.56. The Balaban J connectivity index is 1.83. The minimum atomic E-state index is -0.536. The van der Waals surface area contributed by atoms with Gasteiger partial charge in [-0.3, -0.25) is 9.69 Å². The second-order valence-electron chi connectivity index (χ2n) is 6.81. The highest BCUT2D eigenvalue weighted by atomic mass is 35.5. The van der Waals surface area contributed by atoms with Crippen molar-refractivity contribution in [3.05, 3.63) is 40.2 Å². The molecule has 0 radical (unpaired) electrons. The van der Waals surface area contributed by atoms with E-state index < -0.39 is 5.97 Å². The van der Waals surface area contributed by atoms with Crippen molar-refractivity contribution in [2.24, 2.45) is 0 Å². The molecule has 2 atom stereocenters. The summed E-state index contributed by atoms with van der Waals surface area (Å²) in [6.07, 6.45) is 0.145. The topological polar surface area (TPSA) is 67.9 Å². The van der Waals surface area contributed by atoms with Gasteiger partial charge in [0.05, 0.1) is 25.9 Å². The Hall–Kier alpha value is -1.93. The largest absolute Gasteiger partial charge is 0.465 e. The van der Waals surface area contributed by atoms with E-state index in [1.165, 1.54) is 7.11 Å². The molecule has 1 aromatic carbocycles. The Morgan fingerprint density at radius 2 is 1.89 bits per heavy atom. The van der Waals surface area contributed by atoms with Crippen molar-refractivity contribution in [1.82, 2.24) is 4.90 Å². The van der Waals surface area contributed by atoms with Crippen LogP contribution in [0.4, 0.5) is 5.00 Å². The fourth-order valence-corrected chi connectivity index (χ4v) is 4.82. The maximum absolute atomic E-state index is 12.6. The number of rotatable bonds is 5. The molecule has 1 fully saturated rings. The Morgan fingerprint density at radius 1 is 1.25 bits per heavy atom. The monoisotopic (exact) mass is 422 g/mol. The number of amides is 1. The minimum Gasteiger partial charge on any atom is -0.465 e. The lowest BCUT2D eigenvalue weighted by Crippen LogP contribution is -2.48. The fraction of sp³-hybridized carbons (Fsp3) is 0.400. The van der Waals surface area contributed by atoms with Crippen LogP contribution in [0.25, 0.3) is 11.1 Å². The number of morpholine rings is 1. The van der Waals surface area contributed by atoms with Crippen LogP contribution in [0.15, 0.2) is 30.3 Å². The molecule has 2 aromatic rings. The van der Waals surface area contributed by atoms with Crippen LogP contribution in [-0.4, -0.2) is 55.7 Å². The zero-order chi connectivity index (χ0) is 20.3. The predicted octanol–water partition coefficient (Wildman–Crippen LogP) is 3.90. The molecule has 28 heavy (non-hydrogen) atoms. The van der Waals surface area contributed by atoms with E-state index in [2.05, 4.69) is 5.32 Å². The Morgan fingerprint density at radius 3 is 2.50 bits per heavy atom. The highest BCUT2D eigenvalue weighted by Gasteiger charge is 2.28. The van der Waals surface area contributed by atoms with Crippen LogP contribution < -0.4 is 5.32 Å². The van der Waals surface area contributed by atoms with Gasteiger partial charge in [0.15, 0.2) is 0 Å². The van der Waals surface area contributed by atoms with Gasteiger partial charge in [0.1, 0.15) is 14.9 Å². The summed E-state index contributed by atoms with van der Waals surface area (Å²) in [7, 11) is 1.31. The van der Waals surface area contributed by atoms with E-state index in [1.54, 1.807) is 0 Å². The lowest BCUT2D eigenvalue weighted by molar-refractivity contribution is -0.121. The summed E-state index contributed by atoms with van der Waals surface area (Å²) < 4.78 is 11.1. The van der Waals surface area contributed by atoms with Crippen LogP contribution in [-0.2, 0) is 14.3 Å². The number of carbonyl (C=O) groups is 2. The van der Waals surface area contributed by atoms with Crippen LogP contribution in [0.3, 0.4) is 0 Å². The second kappa shape index (κ2) is 9.05. The van der Waals surface area contributed by atoms with Gasteiger partial charge >= 0.3 is 5.97 Å². The van der Waals surface area contributed by atoms with Gasteiger partial charge < -0.3 is 14.8 Å². The smallest absolute Gasteiger partial charge is 0.341 e. The van der Waals surface area contributed by atoms with E-state index in [0.29, 0.717) is 28.0 Å². The summed E-state index contributed by atoms with van der Waals surface area (Å²) in [5, 5.41) is 3.24. The van der Waals surface area contributed by atoms with Crippen molar-refractivity contribution < 1.29 is 19.1 Å². The van der Waals surface area contributed by atoms with Crippen molar-refractivity contribution >= 4 is 39.8 Å². The van der Waals surface area contributed by atoms with Gasteiger partial charge in [0, 0.05) is 18.7 Å². The van der Waals surface area contributed by atoms with Crippen LogP contribution in [0.5, 0.6) is 0 Å². The number of benzene rings is 1. The SMILES string of the molecule is COC(=O)c1c(NC(=O)CN2CC(C)OC(C)C2)sc(Cl)c1-c1ccccc1. The number of nitrogens with one attached hydrogen (secondary N) is 1. The number of anilines is 1. The molecule has 0 bridgehead atoms. The van der Waals surface area contributed by atoms with Gasteiger partial charge in [-0.1, -0.05) is 41.9 Å². The lowest BCUT2D eigenvalue weighted by atomic mass is 10.0. The number of thiophene rings is 1. The molecule has 2 unspecified atom stereocenters. The summed E-state index contributed by atoms with van der Waals surface area (Å²) in [4.78, 5) is 27.1. The first-order valence-electron chi connectivity index (χ1n) is 9.02. The predicted molar refractivity (Wildman–Crippen MR) is 111 cm³/mol. The normalized spacial score (nSPS) is 20.0.